The van der Waals surface area contributed by atoms with Crippen molar-refractivity contribution >= 4 is 11.6 Å². The third-order valence-electron chi connectivity index (χ3n) is 4.06. The maximum atomic E-state index is 11.5. The van der Waals surface area contributed by atoms with Gasteiger partial charge in [0, 0.05) is 51.7 Å². The van der Waals surface area contributed by atoms with Gasteiger partial charge in [-0.1, -0.05) is 6.92 Å². The van der Waals surface area contributed by atoms with Gasteiger partial charge >= 0.3 is 0 Å². The van der Waals surface area contributed by atoms with Crippen LogP contribution in [0.1, 0.15) is 23.7 Å². The molecule has 1 aliphatic rings. The monoisotopic (exact) mass is 292 g/mol. The van der Waals surface area contributed by atoms with Gasteiger partial charge in [0.15, 0.2) is 0 Å². The second-order valence-corrected chi connectivity index (χ2v) is 5.29. The molecule has 21 heavy (non-hydrogen) atoms. The largest absolute Gasteiger partial charge is 0.383 e. The third kappa shape index (κ3) is 3.71. The summed E-state index contributed by atoms with van der Waals surface area (Å²) in [6.07, 6.45) is 4.33. The fraction of sp³-hybridized carbons (Fsp3) is 0.600. The van der Waals surface area contributed by atoms with Crippen LogP contribution in [0, 0.1) is 0 Å². The highest BCUT2D eigenvalue weighted by Crippen LogP contribution is 2.23. The number of rotatable bonds is 6. The molecule has 0 radical (unpaired) electrons. The summed E-state index contributed by atoms with van der Waals surface area (Å²) in [5, 5.41) is 0. The van der Waals surface area contributed by atoms with Crippen molar-refractivity contribution in [3.8, 4) is 0 Å². The van der Waals surface area contributed by atoms with Crippen LogP contribution in [0.15, 0.2) is 18.5 Å². The summed E-state index contributed by atoms with van der Waals surface area (Å²) >= 11 is 0. The standard InChI is InChI=1S/C15H24N4O2/c1-3-12-11-19(7-6-18(12)8-9-21-2)14-4-5-17-10-13(14)15(16)20/h4-5,10,12H,3,6-9,11H2,1-2H3,(H2,16,20). The fourth-order valence-electron chi connectivity index (χ4n) is 2.85. The van der Waals surface area contributed by atoms with E-state index in [1.807, 2.05) is 6.07 Å². The normalized spacial score (nSPS) is 19.7. The molecule has 1 saturated heterocycles. The molecule has 1 amide bonds. The van der Waals surface area contributed by atoms with Gasteiger partial charge in [-0.15, -0.1) is 0 Å². The predicted octanol–water partition coefficient (Wildman–Crippen LogP) is 0.728. The lowest BCUT2D eigenvalue weighted by Crippen LogP contribution is -2.54. The average Bonchev–Trinajstić information content (AvgIpc) is 2.52. The summed E-state index contributed by atoms with van der Waals surface area (Å²) in [6.45, 7) is 6.62. The number of nitrogens with zero attached hydrogens (tertiary/aromatic N) is 3. The molecule has 6 nitrogen and oxygen atoms in total. The third-order valence-corrected chi connectivity index (χ3v) is 4.06. The maximum absolute atomic E-state index is 11.5. The summed E-state index contributed by atoms with van der Waals surface area (Å²) in [6, 6.07) is 2.33. The number of pyridine rings is 1. The highest BCUT2D eigenvalue weighted by atomic mass is 16.5. The van der Waals surface area contributed by atoms with E-state index in [4.69, 9.17) is 10.5 Å². The first kappa shape index (κ1) is 15.7. The van der Waals surface area contributed by atoms with Crippen LogP contribution in [0.2, 0.25) is 0 Å². The lowest BCUT2D eigenvalue weighted by Gasteiger charge is -2.42. The first-order chi connectivity index (χ1) is 10.2. The van der Waals surface area contributed by atoms with Crippen molar-refractivity contribution < 1.29 is 9.53 Å². The highest BCUT2D eigenvalue weighted by molar-refractivity contribution is 5.98. The van der Waals surface area contributed by atoms with E-state index in [1.54, 1.807) is 19.5 Å². The van der Waals surface area contributed by atoms with Crippen molar-refractivity contribution in [2.24, 2.45) is 5.73 Å². The molecular weight excluding hydrogens is 268 g/mol. The molecule has 0 saturated carbocycles. The lowest BCUT2D eigenvalue weighted by atomic mass is 10.1. The number of hydrogen-bond donors (Lipinski definition) is 1. The molecule has 1 unspecified atom stereocenters. The Labute approximate surface area is 125 Å². The number of anilines is 1. The van der Waals surface area contributed by atoms with Gasteiger partial charge in [-0.25, -0.2) is 0 Å². The van der Waals surface area contributed by atoms with Gasteiger partial charge in [-0.05, 0) is 12.5 Å². The number of carbonyl (C=O) groups excluding carboxylic acids is 1. The van der Waals surface area contributed by atoms with Gasteiger partial charge in [0.05, 0.1) is 17.9 Å². The maximum Gasteiger partial charge on any atom is 0.252 e. The van der Waals surface area contributed by atoms with Crippen LogP contribution in [0.3, 0.4) is 0 Å². The Balaban J connectivity index is 2.12. The number of primary amides is 1. The van der Waals surface area contributed by atoms with Crippen LogP contribution in [-0.4, -0.2) is 61.7 Å². The highest BCUT2D eigenvalue weighted by Gasteiger charge is 2.27. The number of aromatic nitrogens is 1. The molecule has 1 fully saturated rings. The first-order valence-corrected chi connectivity index (χ1v) is 7.39. The number of carbonyl (C=O) groups is 1. The van der Waals surface area contributed by atoms with E-state index >= 15 is 0 Å². The second kappa shape index (κ2) is 7.38. The molecule has 1 aliphatic heterocycles. The Morgan fingerprint density at radius 2 is 2.33 bits per heavy atom. The number of ether oxygens (including phenoxy) is 1. The number of nitrogens with two attached hydrogens (primary N) is 1. The molecule has 2 N–H and O–H groups in total. The van der Waals surface area contributed by atoms with Gasteiger partial charge in [-0.3, -0.25) is 14.7 Å². The SMILES string of the molecule is CCC1CN(c2ccncc2C(N)=O)CCN1CCOC. The van der Waals surface area contributed by atoms with Crippen molar-refractivity contribution in [2.45, 2.75) is 19.4 Å². The molecule has 0 bridgehead atoms. The molecule has 2 rings (SSSR count). The van der Waals surface area contributed by atoms with Gasteiger partial charge in [0.2, 0.25) is 0 Å². The lowest BCUT2D eigenvalue weighted by molar-refractivity contribution is 0.0998. The van der Waals surface area contributed by atoms with E-state index in [2.05, 4.69) is 21.7 Å². The number of methoxy groups -OCH3 is 1. The molecule has 1 aromatic heterocycles. The Morgan fingerprint density at radius 1 is 1.52 bits per heavy atom. The molecule has 1 aromatic rings. The average molecular weight is 292 g/mol. The van der Waals surface area contributed by atoms with Crippen LogP contribution >= 0.6 is 0 Å². The minimum atomic E-state index is -0.423. The number of piperazine rings is 1. The molecule has 116 valence electrons. The van der Waals surface area contributed by atoms with E-state index in [-0.39, 0.29) is 0 Å². The quantitative estimate of drug-likeness (QED) is 0.837. The zero-order valence-electron chi connectivity index (χ0n) is 12.8. The van der Waals surface area contributed by atoms with Crippen LogP contribution in [-0.2, 0) is 4.74 Å². The van der Waals surface area contributed by atoms with Gasteiger partial charge in [-0.2, -0.15) is 0 Å². The molecule has 6 heteroatoms. The van der Waals surface area contributed by atoms with E-state index < -0.39 is 5.91 Å². The molecule has 0 spiro atoms. The Kier molecular flexibility index (Phi) is 5.52. The predicted molar refractivity (Wildman–Crippen MR) is 82.5 cm³/mol. The minimum Gasteiger partial charge on any atom is -0.383 e. The summed E-state index contributed by atoms with van der Waals surface area (Å²) in [5.41, 5.74) is 6.84. The van der Waals surface area contributed by atoms with Gasteiger partial charge in [0.1, 0.15) is 0 Å². The number of amides is 1. The van der Waals surface area contributed by atoms with Crippen LogP contribution in [0.25, 0.3) is 0 Å². The van der Waals surface area contributed by atoms with Crippen molar-refractivity contribution in [2.75, 3.05) is 44.8 Å². The second-order valence-electron chi connectivity index (χ2n) is 5.29. The summed E-state index contributed by atoms with van der Waals surface area (Å²) in [5.74, 6) is -0.423. The molecule has 2 heterocycles. The summed E-state index contributed by atoms with van der Waals surface area (Å²) < 4.78 is 5.17. The number of hydrogen-bond acceptors (Lipinski definition) is 5. The zero-order valence-corrected chi connectivity index (χ0v) is 12.8. The summed E-state index contributed by atoms with van der Waals surface area (Å²) in [7, 11) is 1.73. The van der Waals surface area contributed by atoms with Crippen molar-refractivity contribution in [3.63, 3.8) is 0 Å². The zero-order chi connectivity index (χ0) is 15.2. The van der Waals surface area contributed by atoms with Crippen LogP contribution < -0.4 is 10.6 Å². The van der Waals surface area contributed by atoms with Gasteiger partial charge < -0.3 is 15.4 Å². The topological polar surface area (TPSA) is 71.7 Å². The summed E-state index contributed by atoms with van der Waals surface area (Å²) in [4.78, 5) is 20.2. The van der Waals surface area contributed by atoms with E-state index in [0.717, 1.165) is 44.9 Å². The Bertz CT molecular complexity index is 480. The molecule has 0 aliphatic carbocycles. The first-order valence-electron chi connectivity index (χ1n) is 7.39. The van der Waals surface area contributed by atoms with E-state index in [1.165, 1.54) is 0 Å². The van der Waals surface area contributed by atoms with Crippen LogP contribution in [0.5, 0.6) is 0 Å². The van der Waals surface area contributed by atoms with Gasteiger partial charge in [0.25, 0.3) is 5.91 Å². The van der Waals surface area contributed by atoms with Crippen molar-refractivity contribution in [1.29, 1.82) is 0 Å². The smallest absolute Gasteiger partial charge is 0.252 e. The van der Waals surface area contributed by atoms with E-state index in [0.29, 0.717) is 11.6 Å². The molecule has 1 atom stereocenters. The Morgan fingerprint density at radius 3 is 3.00 bits per heavy atom. The molecular formula is C15H24N4O2. The minimum absolute atomic E-state index is 0.423. The fourth-order valence-corrected chi connectivity index (χ4v) is 2.85. The Hall–Kier alpha value is -1.66. The van der Waals surface area contributed by atoms with E-state index in [9.17, 15) is 4.79 Å². The van der Waals surface area contributed by atoms with Crippen molar-refractivity contribution in [1.82, 2.24) is 9.88 Å². The van der Waals surface area contributed by atoms with Crippen LogP contribution in [0.4, 0.5) is 5.69 Å². The molecule has 0 aromatic carbocycles. The van der Waals surface area contributed by atoms with Crippen molar-refractivity contribution in [3.05, 3.63) is 24.0 Å².